The van der Waals surface area contributed by atoms with Crippen molar-refractivity contribution in [2.45, 2.75) is 49.3 Å². The first-order valence-electron chi connectivity index (χ1n) is 8.30. The smallest absolute Gasteiger partial charge is 0.279 e. The van der Waals surface area contributed by atoms with Crippen LogP contribution in [0.25, 0.3) is 0 Å². The van der Waals surface area contributed by atoms with Gasteiger partial charge < -0.3 is 5.32 Å². The summed E-state index contributed by atoms with van der Waals surface area (Å²) in [6.45, 7) is 3.77. The molecule has 0 bridgehead atoms. The first-order chi connectivity index (χ1) is 13.0. The van der Waals surface area contributed by atoms with Crippen LogP contribution < -0.4 is 5.32 Å². The summed E-state index contributed by atoms with van der Waals surface area (Å²) in [5.74, 6) is 0.533. The number of hydrogen-bond acceptors (Lipinski definition) is 7. The number of Topliss-reactive ketones (excluding diaryl/α,β-unsaturated/α-hetero) is 1. The van der Waals surface area contributed by atoms with Crippen LogP contribution in [0.3, 0.4) is 0 Å². The fourth-order valence-corrected chi connectivity index (χ4v) is 4.13. The lowest BCUT2D eigenvalue weighted by Crippen LogP contribution is -2.40. The molecule has 0 saturated heterocycles. The molecule has 2 aromatic rings. The predicted octanol–water partition coefficient (Wildman–Crippen LogP) is 4.33. The van der Waals surface area contributed by atoms with Gasteiger partial charge in [0.1, 0.15) is 6.54 Å². The molecule has 0 spiro atoms. The Balaban J connectivity index is 2.06. The molecule has 1 atom stereocenters. The number of ketones is 1. The second-order valence-electron chi connectivity index (χ2n) is 5.48. The summed E-state index contributed by atoms with van der Waals surface area (Å²) in [6, 6.07) is 4.58. The van der Waals surface area contributed by atoms with E-state index in [-0.39, 0.29) is 17.6 Å². The molecule has 0 radical (unpaired) electrons. The van der Waals surface area contributed by atoms with E-state index < -0.39 is 6.04 Å². The summed E-state index contributed by atoms with van der Waals surface area (Å²) in [7, 11) is 0. The number of aromatic nitrogens is 4. The topological polar surface area (TPSA) is 89.8 Å². The molecule has 1 heterocycles. The normalized spacial score (nSPS) is 12.0. The van der Waals surface area contributed by atoms with Gasteiger partial charge >= 0.3 is 0 Å². The lowest BCUT2D eigenvalue weighted by atomic mass is 10.1. The summed E-state index contributed by atoms with van der Waals surface area (Å²) < 4.78 is 1.38. The number of rotatable bonds is 9. The molecule has 1 N–H and O–H groups in total. The Morgan fingerprint density at radius 2 is 1.96 bits per heavy atom. The summed E-state index contributed by atoms with van der Waals surface area (Å²) in [5.41, 5.74) is 0. The van der Waals surface area contributed by atoms with Crippen LogP contribution in [0.5, 0.6) is 0 Å². The Labute approximate surface area is 175 Å². The van der Waals surface area contributed by atoms with Crippen LogP contribution in [0.4, 0.5) is 4.79 Å². The third-order valence-electron chi connectivity index (χ3n) is 3.44. The molecule has 0 aliphatic rings. The Bertz CT molecular complexity index is 783. The lowest BCUT2D eigenvalue weighted by molar-refractivity contribution is -0.121. The highest BCUT2D eigenvalue weighted by Crippen LogP contribution is 2.37. The Morgan fingerprint density at radius 3 is 2.59 bits per heavy atom. The third-order valence-corrected chi connectivity index (χ3v) is 6.41. The highest BCUT2D eigenvalue weighted by molar-refractivity contribution is 8.13. The minimum absolute atomic E-state index is 0.0609. The van der Waals surface area contributed by atoms with Crippen LogP contribution in [0.1, 0.15) is 26.7 Å². The van der Waals surface area contributed by atoms with Gasteiger partial charge in [-0.2, -0.15) is 0 Å². The van der Waals surface area contributed by atoms with Crippen molar-refractivity contribution in [1.29, 1.82) is 0 Å². The third kappa shape index (κ3) is 6.38. The zero-order chi connectivity index (χ0) is 19.8. The molecular weight excluding hydrogens is 429 g/mol. The van der Waals surface area contributed by atoms with Crippen molar-refractivity contribution in [3.63, 3.8) is 0 Å². The van der Waals surface area contributed by atoms with Gasteiger partial charge in [-0.25, -0.2) is 4.68 Å². The van der Waals surface area contributed by atoms with E-state index in [1.807, 2.05) is 13.8 Å². The molecule has 0 saturated carbocycles. The van der Waals surface area contributed by atoms with Crippen LogP contribution in [-0.4, -0.2) is 43.0 Å². The minimum atomic E-state index is -0.590. The second kappa shape index (κ2) is 10.9. The van der Waals surface area contributed by atoms with Gasteiger partial charge in [-0.1, -0.05) is 54.9 Å². The van der Waals surface area contributed by atoms with Gasteiger partial charge in [-0.05, 0) is 47.2 Å². The van der Waals surface area contributed by atoms with Crippen LogP contribution in [0.15, 0.2) is 28.3 Å². The average Bonchev–Trinajstić information content (AvgIpc) is 3.07. The molecule has 0 aliphatic carbocycles. The fourth-order valence-electron chi connectivity index (χ4n) is 2.09. The number of carbonyl (C=O) groups is 2. The predicted molar refractivity (Wildman–Crippen MR) is 109 cm³/mol. The molecule has 7 nitrogen and oxygen atoms in total. The van der Waals surface area contributed by atoms with E-state index in [0.29, 0.717) is 32.3 Å². The number of tetrazole rings is 1. The molecule has 146 valence electrons. The van der Waals surface area contributed by atoms with Crippen molar-refractivity contribution >= 4 is 57.7 Å². The standard InChI is InChI=1S/C16H19Cl2N5O2S2/c1-3-8-26-16(25)19-12(4-2)13(24)9-23-15(20-21-22-23)27-14-10(17)6-5-7-11(14)18/h5-7,12H,3-4,8-9H2,1-2H3,(H,19,25). The van der Waals surface area contributed by atoms with Crippen molar-refractivity contribution in [2.75, 3.05) is 5.75 Å². The number of nitrogens with one attached hydrogen (secondary N) is 1. The van der Waals surface area contributed by atoms with E-state index in [2.05, 4.69) is 20.8 Å². The highest BCUT2D eigenvalue weighted by Gasteiger charge is 2.22. The van der Waals surface area contributed by atoms with E-state index in [1.165, 1.54) is 28.2 Å². The van der Waals surface area contributed by atoms with Crippen LogP contribution in [0, 0.1) is 0 Å². The summed E-state index contributed by atoms with van der Waals surface area (Å²) in [5, 5.41) is 15.3. The Kier molecular flexibility index (Phi) is 8.88. The van der Waals surface area contributed by atoms with E-state index in [4.69, 9.17) is 23.2 Å². The van der Waals surface area contributed by atoms with E-state index in [9.17, 15) is 9.59 Å². The number of halogens is 2. The maximum atomic E-state index is 12.6. The largest absolute Gasteiger partial charge is 0.337 e. The van der Waals surface area contributed by atoms with Crippen LogP contribution in [0.2, 0.25) is 10.0 Å². The SMILES string of the molecule is CCCSC(=O)NC(CC)C(=O)Cn1nnnc1Sc1c(Cl)cccc1Cl. The van der Waals surface area contributed by atoms with Crippen molar-refractivity contribution in [1.82, 2.24) is 25.5 Å². The van der Waals surface area contributed by atoms with Crippen molar-refractivity contribution < 1.29 is 9.59 Å². The lowest BCUT2D eigenvalue weighted by Gasteiger charge is -2.15. The van der Waals surface area contributed by atoms with Crippen molar-refractivity contribution in [3.05, 3.63) is 28.2 Å². The summed E-state index contributed by atoms with van der Waals surface area (Å²) in [4.78, 5) is 25.1. The monoisotopic (exact) mass is 447 g/mol. The van der Waals surface area contributed by atoms with Crippen molar-refractivity contribution in [3.8, 4) is 0 Å². The molecule has 0 aliphatic heterocycles. The zero-order valence-corrected chi connectivity index (χ0v) is 18.0. The highest BCUT2D eigenvalue weighted by atomic mass is 35.5. The Hall–Kier alpha value is -1.29. The molecule has 2 rings (SSSR count). The molecule has 1 unspecified atom stereocenters. The van der Waals surface area contributed by atoms with Gasteiger partial charge in [0.2, 0.25) is 5.16 Å². The quantitative estimate of drug-likeness (QED) is 0.611. The molecule has 11 heteroatoms. The first-order valence-corrected chi connectivity index (χ1v) is 10.9. The van der Waals surface area contributed by atoms with Gasteiger partial charge in [0.25, 0.3) is 5.24 Å². The number of benzene rings is 1. The van der Waals surface area contributed by atoms with Gasteiger partial charge in [-0.15, -0.1) is 5.10 Å². The van der Waals surface area contributed by atoms with E-state index in [0.717, 1.165) is 6.42 Å². The maximum absolute atomic E-state index is 12.6. The molecule has 0 fully saturated rings. The number of thioether (sulfide) groups is 1. The number of amides is 1. The van der Waals surface area contributed by atoms with Crippen LogP contribution >= 0.6 is 46.7 Å². The summed E-state index contributed by atoms with van der Waals surface area (Å²) >= 11 is 14.7. The molecular formula is C16H19Cl2N5O2S2. The van der Waals surface area contributed by atoms with Gasteiger partial charge in [0.15, 0.2) is 5.78 Å². The molecule has 1 aromatic heterocycles. The minimum Gasteiger partial charge on any atom is -0.337 e. The molecule has 27 heavy (non-hydrogen) atoms. The van der Waals surface area contributed by atoms with Crippen LogP contribution in [-0.2, 0) is 11.3 Å². The van der Waals surface area contributed by atoms with Crippen molar-refractivity contribution in [2.24, 2.45) is 0 Å². The number of hydrogen-bond donors (Lipinski definition) is 1. The average molecular weight is 448 g/mol. The zero-order valence-electron chi connectivity index (χ0n) is 14.8. The van der Waals surface area contributed by atoms with Gasteiger partial charge in [0, 0.05) is 5.75 Å². The summed E-state index contributed by atoms with van der Waals surface area (Å²) in [6.07, 6.45) is 1.37. The fraction of sp³-hybridized carbons (Fsp3) is 0.438. The molecule has 1 aromatic carbocycles. The second-order valence-corrected chi connectivity index (χ2v) is 8.34. The van der Waals surface area contributed by atoms with Gasteiger partial charge in [-0.3, -0.25) is 9.59 Å². The molecule has 1 amide bonds. The van der Waals surface area contributed by atoms with Gasteiger partial charge in [0.05, 0.1) is 21.0 Å². The first kappa shape index (κ1) is 22.0. The maximum Gasteiger partial charge on any atom is 0.279 e. The van der Waals surface area contributed by atoms with E-state index in [1.54, 1.807) is 18.2 Å². The van der Waals surface area contributed by atoms with E-state index >= 15 is 0 Å². The Morgan fingerprint density at radius 1 is 1.26 bits per heavy atom. The number of nitrogens with zero attached hydrogens (tertiary/aromatic N) is 4. The number of carbonyl (C=O) groups excluding carboxylic acids is 2.